The van der Waals surface area contributed by atoms with Gasteiger partial charge in [0.05, 0.1) is 12.6 Å². The summed E-state index contributed by atoms with van der Waals surface area (Å²) in [6.45, 7) is 9.54. The van der Waals surface area contributed by atoms with Crippen molar-refractivity contribution in [2.24, 2.45) is 0 Å². The number of piperazine rings is 1. The molecule has 29 heavy (non-hydrogen) atoms. The highest BCUT2D eigenvalue weighted by Gasteiger charge is 2.31. The van der Waals surface area contributed by atoms with Gasteiger partial charge in [-0.05, 0) is 32.4 Å². The lowest BCUT2D eigenvalue weighted by molar-refractivity contribution is 0.0716. The third-order valence-electron chi connectivity index (χ3n) is 5.82. The van der Waals surface area contributed by atoms with E-state index in [4.69, 9.17) is 4.74 Å². The molecule has 0 saturated carbocycles. The lowest BCUT2D eigenvalue weighted by Crippen LogP contribution is -2.50. The molecule has 5 nitrogen and oxygen atoms in total. The van der Waals surface area contributed by atoms with Crippen molar-refractivity contribution in [2.45, 2.75) is 26.8 Å². The summed E-state index contributed by atoms with van der Waals surface area (Å²) in [4.78, 5) is 20.0. The molecule has 1 fully saturated rings. The van der Waals surface area contributed by atoms with Gasteiger partial charge in [0.1, 0.15) is 0 Å². The third-order valence-corrected chi connectivity index (χ3v) is 5.82. The van der Waals surface area contributed by atoms with E-state index in [1.165, 1.54) is 33.3 Å². The van der Waals surface area contributed by atoms with E-state index in [9.17, 15) is 4.79 Å². The first-order valence-electron chi connectivity index (χ1n) is 10.4. The van der Waals surface area contributed by atoms with Crippen LogP contribution in [0, 0.1) is 13.8 Å². The molecule has 0 aliphatic carbocycles. The zero-order chi connectivity index (χ0) is 20.4. The van der Waals surface area contributed by atoms with Gasteiger partial charge in [0, 0.05) is 48.3 Å². The number of para-hydroxylation sites is 1. The standard InChI is InChI=1S/C24H29N3O2/c1-4-29-24(28)27-15-13-26(14-16-27)23(19-11-9-17(2)10-12-19)22-18(3)25-21-8-6-5-7-20(21)22/h5-12,23,25H,4,13-16H2,1-3H3. The van der Waals surface area contributed by atoms with Crippen molar-refractivity contribution in [3.05, 3.63) is 70.9 Å². The number of benzene rings is 2. The summed E-state index contributed by atoms with van der Waals surface area (Å²) in [5.41, 5.74) is 6.24. The number of hydrogen-bond donors (Lipinski definition) is 1. The molecule has 1 aromatic heterocycles. The summed E-state index contributed by atoms with van der Waals surface area (Å²) >= 11 is 0. The largest absolute Gasteiger partial charge is 0.450 e. The van der Waals surface area contributed by atoms with Crippen molar-refractivity contribution in [2.75, 3.05) is 32.8 Å². The number of ether oxygens (including phenoxy) is 1. The number of H-pyrrole nitrogens is 1. The molecule has 1 atom stereocenters. The lowest BCUT2D eigenvalue weighted by atomic mass is 9.93. The highest BCUT2D eigenvalue weighted by atomic mass is 16.6. The van der Waals surface area contributed by atoms with Crippen LogP contribution in [0.15, 0.2) is 48.5 Å². The minimum absolute atomic E-state index is 0.149. The van der Waals surface area contributed by atoms with Crippen LogP contribution in [-0.2, 0) is 4.74 Å². The summed E-state index contributed by atoms with van der Waals surface area (Å²) in [5.74, 6) is 0. The molecule has 0 bridgehead atoms. The molecule has 1 unspecified atom stereocenters. The van der Waals surface area contributed by atoms with E-state index in [1.807, 2.05) is 11.8 Å². The second kappa shape index (κ2) is 8.29. The molecule has 3 aromatic rings. The van der Waals surface area contributed by atoms with E-state index in [-0.39, 0.29) is 12.1 Å². The maximum Gasteiger partial charge on any atom is 0.409 e. The Kier molecular flexibility index (Phi) is 5.58. The number of aromatic amines is 1. The molecule has 1 aliphatic rings. The van der Waals surface area contributed by atoms with Crippen LogP contribution in [0.1, 0.15) is 35.3 Å². The summed E-state index contributed by atoms with van der Waals surface area (Å²) in [7, 11) is 0. The van der Waals surface area contributed by atoms with E-state index in [0.717, 1.165) is 13.1 Å². The molecule has 1 saturated heterocycles. The Balaban J connectivity index is 1.70. The van der Waals surface area contributed by atoms with Crippen LogP contribution in [0.3, 0.4) is 0 Å². The van der Waals surface area contributed by atoms with E-state index in [1.54, 1.807) is 0 Å². The van der Waals surface area contributed by atoms with Crippen LogP contribution < -0.4 is 0 Å². The van der Waals surface area contributed by atoms with Crippen LogP contribution in [0.2, 0.25) is 0 Å². The summed E-state index contributed by atoms with van der Waals surface area (Å²) in [6.07, 6.45) is -0.206. The second-order valence-corrected chi connectivity index (χ2v) is 7.74. The lowest BCUT2D eigenvalue weighted by Gasteiger charge is -2.39. The molecule has 1 amide bonds. The van der Waals surface area contributed by atoms with Crippen molar-refractivity contribution in [1.29, 1.82) is 0 Å². The predicted molar refractivity (Wildman–Crippen MR) is 116 cm³/mol. The van der Waals surface area contributed by atoms with Crippen molar-refractivity contribution in [1.82, 2.24) is 14.8 Å². The van der Waals surface area contributed by atoms with Gasteiger partial charge >= 0.3 is 6.09 Å². The highest BCUT2D eigenvalue weighted by molar-refractivity contribution is 5.85. The minimum Gasteiger partial charge on any atom is -0.450 e. The van der Waals surface area contributed by atoms with Crippen molar-refractivity contribution in [3.63, 3.8) is 0 Å². The first-order chi connectivity index (χ1) is 14.1. The molecule has 5 heteroatoms. The Hall–Kier alpha value is -2.79. The molecule has 152 valence electrons. The quantitative estimate of drug-likeness (QED) is 0.704. The Morgan fingerprint density at radius 3 is 2.41 bits per heavy atom. The first kappa shape index (κ1) is 19.5. The molecule has 1 aliphatic heterocycles. The Morgan fingerprint density at radius 2 is 1.72 bits per heavy atom. The van der Waals surface area contributed by atoms with Crippen LogP contribution in [0.25, 0.3) is 10.9 Å². The van der Waals surface area contributed by atoms with Crippen molar-refractivity contribution >= 4 is 17.0 Å². The molecule has 1 N–H and O–H groups in total. The molecule has 4 rings (SSSR count). The number of aromatic nitrogens is 1. The summed E-state index contributed by atoms with van der Waals surface area (Å²) < 4.78 is 5.19. The second-order valence-electron chi connectivity index (χ2n) is 7.74. The van der Waals surface area contributed by atoms with Gasteiger partial charge in [-0.2, -0.15) is 0 Å². The molecule has 0 spiro atoms. The summed E-state index contributed by atoms with van der Waals surface area (Å²) in [6, 6.07) is 17.5. The molecular weight excluding hydrogens is 362 g/mol. The van der Waals surface area contributed by atoms with Gasteiger partial charge < -0.3 is 14.6 Å². The molecular formula is C24H29N3O2. The summed E-state index contributed by atoms with van der Waals surface area (Å²) in [5, 5.41) is 1.27. The van der Waals surface area contributed by atoms with Gasteiger partial charge in [0.2, 0.25) is 0 Å². The van der Waals surface area contributed by atoms with Crippen molar-refractivity contribution in [3.8, 4) is 0 Å². The van der Waals surface area contributed by atoms with Gasteiger partial charge in [-0.3, -0.25) is 4.90 Å². The molecule has 0 radical (unpaired) electrons. The third kappa shape index (κ3) is 3.87. The average molecular weight is 392 g/mol. The average Bonchev–Trinajstić information content (AvgIpc) is 3.06. The number of aryl methyl sites for hydroxylation is 2. The van der Waals surface area contributed by atoms with Crippen LogP contribution in [0.5, 0.6) is 0 Å². The first-order valence-corrected chi connectivity index (χ1v) is 10.4. The van der Waals surface area contributed by atoms with E-state index in [0.29, 0.717) is 19.7 Å². The molecule has 2 aromatic carbocycles. The number of fused-ring (bicyclic) bond motifs is 1. The number of rotatable bonds is 4. The van der Waals surface area contributed by atoms with Gasteiger partial charge in [-0.25, -0.2) is 4.79 Å². The fraction of sp³-hybridized carbons (Fsp3) is 0.375. The fourth-order valence-electron chi connectivity index (χ4n) is 4.34. The SMILES string of the molecule is CCOC(=O)N1CCN(C(c2ccc(C)cc2)c2c(C)[nH]c3ccccc23)CC1. The monoisotopic (exact) mass is 391 g/mol. The zero-order valence-electron chi connectivity index (χ0n) is 17.4. The number of nitrogens with one attached hydrogen (secondary N) is 1. The van der Waals surface area contributed by atoms with Crippen LogP contribution in [0.4, 0.5) is 4.79 Å². The smallest absolute Gasteiger partial charge is 0.409 e. The minimum atomic E-state index is -0.206. The topological polar surface area (TPSA) is 48.6 Å². The van der Waals surface area contributed by atoms with E-state index >= 15 is 0 Å². The van der Waals surface area contributed by atoms with Gasteiger partial charge in [-0.15, -0.1) is 0 Å². The number of amides is 1. The predicted octanol–water partition coefficient (Wildman–Crippen LogP) is 4.65. The van der Waals surface area contributed by atoms with Gasteiger partial charge in [0.15, 0.2) is 0 Å². The molecule has 2 heterocycles. The van der Waals surface area contributed by atoms with Crippen molar-refractivity contribution < 1.29 is 9.53 Å². The van der Waals surface area contributed by atoms with Crippen LogP contribution in [-0.4, -0.2) is 53.7 Å². The van der Waals surface area contributed by atoms with Crippen LogP contribution >= 0.6 is 0 Å². The zero-order valence-corrected chi connectivity index (χ0v) is 17.4. The maximum atomic E-state index is 12.1. The Morgan fingerprint density at radius 1 is 1.03 bits per heavy atom. The van der Waals surface area contributed by atoms with E-state index < -0.39 is 0 Å². The van der Waals surface area contributed by atoms with Gasteiger partial charge in [-0.1, -0.05) is 48.0 Å². The number of carbonyl (C=O) groups is 1. The Bertz CT molecular complexity index is 985. The number of hydrogen-bond acceptors (Lipinski definition) is 3. The van der Waals surface area contributed by atoms with Gasteiger partial charge in [0.25, 0.3) is 0 Å². The maximum absolute atomic E-state index is 12.1. The fourth-order valence-corrected chi connectivity index (χ4v) is 4.34. The number of nitrogens with zero attached hydrogens (tertiary/aromatic N) is 2. The number of carbonyl (C=O) groups excluding carboxylic acids is 1. The highest BCUT2D eigenvalue weighted by Crippen LogP contribution is 2.36. The Labute approximate surface area is 172 Å². The van der Waals surface area contributed by atoms with E-state index in [2.05, 4.69) is 72.3 Å². The normalized spacial score (nSPS) is 16.2.